The highest BCUT2D eigenvalue weighted by molar-refractivity contribution is 7.41. The van der Waals surface area contributed by atoms with Gasteiger partial charge in [-0.15, -0.1) is 0 Å². The third kappa shape index (κ3) is 36.3. The van der Waals surface area contributed by atoms with Crippen molar-refractivity contribution in [3.8, 4) is 0 Å². The first-order valence-corrected chi connectivity index (χ1v) is 21.3. The zero-order valence-electron chi connectivity index (χ0n) is 32.4. The number of allylic oxidation sites excluding steroid dienone is 4. The minimum atomic E-state index is -1.53. The standard InChI is InChI=1S/C41H77O7P/c1-5-7-9-11-13-15-17-19-21-23-25-27-29-31-33-35-40(42)46-37-39(38-47-49(44-3)45-4)48-41(43)36-34-32-30-28-26-24-22-20-18-16-14-12-10-8-6-2/h17-20,39H,5-16,21-38H2,1-4H3/b19-17-,20-18-. The van der Waals surface area contributed by atoms with Crippen LogP contribution in [-0.4, -0.2) is 45.5 Å². The third-order valence-corrected chi connectivity index (χ3v) is 9.63. The van der Waals surface area contributed by atoms with Crippen molar-refractivity contribution in [3.05, 3.63) is 24.3 Å². The van der Waals surface area contributed by atoms with Crippen LogP contribution in [0.15, 0.2) is 24.3 Å². The van der Waals surface area contributed by atoms with Gasteiger partial charge in [-0.2, -0.15) is 0 Å². The lowest BCUT2D eigenvalue weighted by molar-refractivity contribution is -0.161. The second-order valence-electron chi connectivity index (χ2n) is 13.3. The van der Waals surface area contributed by atoms with Crippen LogP contribution in [-0.2, 0) is 32.6 Å². The Morgan fingerprint density at radius 1 is 0.490 bits per heavy atom. The number of hydrogen-bond donors (Lipinski definition) is 0. The van der Waals surface area contributed by atoms with Crippen LogP contribution >= 0.6 is 8.60 Å². The minimum Gasteiger partial charge on any atom is -0.462 e. The highest BCUT2D eigenvalue weighted by Gasteiger charge is 2.20. The Morgan fingerprint density at radius 2 is 0.857 bits per heavy atom. The monoisotopic (exact) mass is 713 g/mol. The van der Waals surface area contributed by atoms with E-state index in [4.69, 9.17) is 23.0 Å². The number of hydrogen-bond acceptors (Lipinski definition) is 7. The SMILES string of the molecule is CCCCCCC/C=C\CCCCCCCCC(=O)OCC(COP(OC)OC)OC(=O)CCCCCCCC/C=C\CCCCCCC. The molecule has 0 aromatic carbocycles. The number of rotatable bonds is 38. The molecule has 0 aliphatic heterocycles. The molecule has 0 heterocycles. The topological polar surface area (TPSA) is 80.3 Å². The highest BCUT2D eigenvalue weighted by atomic mass is 31.2. The molecular weight excluding hydrogens is 635 g/mol. The van der Waals surface area contributed by atoms with Crippen molar-refractivity contribution in [1.29, 1.82) is 0 Å². The molecule has 0 rings (SSSR count). The second-order valence-corrected chi connectivity index (χ2v) is 14.8. The van der Waals surface area contributed by atoms with E-state index < -0.39 is 14.7 Å². The molecule has 7 nitrogen and oxygen atoms in total. The molecule has 0 fully saturated rings. The van der Waals surface area contributed by atoms with Gasteiger partial charge < -0.3 is 23.0 Å². The van der Waals surface area contributed by atoms with Gasteiger partial charge in [0.1, 0.15) is 6.61 Å². The fourth-order valence-electron chi connectivity index (χ4n) is 5.62. The van der Waals surface area contributed by atoms with Crippen LogP contribution in [0.1, 0.15) is 194 Å². The van der Waals surface area contributed by atoms with Crippen molar-refractivity contribution in [1.82, 2.24) is 0 Å². The van der Waals surface area contributed by atoms with Crippen molar-refractivity contribution < 1.29 is 32.6 Å². The number of carbonyl (C=O) groups excluding carboxylic acids is 2. The summed E-state index contributed by atoms with van der Waals surface area (Å²) >= 11 is 0. The maximum absolute atomic E-state index is 12.6. The average Bonchev–Trinajstić information content (AvgIpc) is 3.10. The van der Waals surface area contributed by atoms with Crippen LogP contribution < -0.4 is 0 Å². The van der Waals surface area contributed by atoms with Gasteiger partial charge >= 0.3 is 20.5 Å². The van der Waals surface area contributed by atoms with Gasteiger partial charge in [0.05, 0.1) is 6.61 Å². The fraction of sp³-hybridized carbons (Fsp3) is 0.854. The Kier molecular flexibility index (Phi) is 38.5. The molecule has 0 aliphatic rings. The summed E-state index contributed by atoms with van der Waals surface area (Å²) in [5, 5.41) is 0. The minimum absolute atomic E-state index is 0.0270. The Balaban J connectivity index is 4.02. The van der Waals surface area contributed by atoms with Gasteiger partial charge in [0.25, 0.3) is 0 Å². The molecule has 0 saturated heterocycles. The zero-order valence-corrected chi connectivity index (χ0v) is 33.3. The number of ether oxygens (including phenoxy) is 2. The number of carbonyl (C=O) groups is 2. The van der Waals surface area contributed by atoms with E-state index in [0.717, 1.165) is 38.5 Å². The molecule has 0 aromatic heterocycles. The van der Waals surface area contributed by atoms with E-state index in [9.17, 15) is 9.59 Å². The van der Waals surface area contributed by atoms with E-state index in [1.165, 1.54) is 143 Å². The van der Waals surface area contributed by atoms with E-state index in [-0.39, 0.29) is 25.2 Å². The normalized spacial score (nSPS) is 12.4. The molecular formula is C41H77O7P. The second kappa shape index (κ2) is 39.5. The summed E-state index contributed by atoms with van der Waals surface area (Å²) in [5.41, 5.74) is 0. The lowest BCUT2D eigenvalue weighted by atomic mass is 10.1. The van der Waals surface area contributed by atoms with Crippen molar-refractivity contribution in [2.24, 2.45) is 0 Å². The molecule has 1 atom stereocenters. The zero-order chi connectivity index (χ0) is 35.9. The van der Waals surface area contributed by atoms with Crippen molar-refractivity contribution in [2.45, 2.75) is 200 Å². The first-order chi connectivity index (χ1) is 24.1. The molecule has 0 radical (unpaired) electrons. The highest BCUT2D eigenvalue weighted by Crippen LogP contribution is 2.37. The lowest BCUT2D eigenvalue weighted by Gasteiger charge is -2.20. The average molecular weight is 713 g/mol. The molecule has 8 heteroatoms. The van der Waals surface area contributed by atoms with E-state index in [0.29, 0.717) is 12.8 Å². The largest absolute Gasteiger partial charge is 0.462 e. The van der Waals surface area contributed by atoms with E-state index in [1.54, 1.807) is 0 Å². The van der Waals surface area contributed by atoms with Crippen LogP contribution in [0.25, 0.3) is 0 Å². The van der Waals surface area contributed by atoms with Gasteiger partial charge in [-0.05, 0) is 64.2 Å². The van der Waals surface area contributed by atoms with Crippen LogP contribution in [0.4, 0.5) is 0 Å². The Hall–Kier alpha value is -1.27. The summed E-state index contributed by atoms with van der Waals surface area (Å²) in [5.74, 6) is -0.555. The lowest BCUT2D eigenvalue weighted by Crippen LogP contribution is -2.29. The molecule has 0 N–H and O–H groups in total. The maximum Gasteiger partial charge on any atom is 0.332 e. The smallest absolute Gasteiger partial charge is 0.332 e. The predicted molar refractivity (Wildman–Crippen MR) is 207 cm³/mol. The molecule has 0 aliphatic carbocycles. The van der Waals surface area contributed by atoms with E-state index >= 15 is 0 Å². The van der Waals surface area contributed by atoms with Crippen molar-refractivity contribution >= 4 is 20.5 Å². The molecule has 0 bridgehead atoms. The van der Waals surface area contributed by atoms with Gasteiger partial charge in [0, 0.05) is 27.1 Å². The predicted octanol–water partition coefficient (Wildman–Crippen LogP) is 13.1. The molecule has 49 heavy (non-hydrogen) atoms. The van der Waals surface area contributed by atoms with Crippen LogP contribution in [0.5, 0.6) is 0 Å². The molecule has 0 saturated carbocycles. The first-order valence-electron chi connectivity index (χ1n) is 20.2. The van der Waals surface area contributed by atoms with Crippen LogP contribution in [0, 0.1) is 0 Å². The van der Waals surface area contributed by atoms with Gasteiger partial charge in [0.15, 0.2) is 6.10 Å². The number of esters is 2. The summed E-state index contributed by atoms with van der Waals surface area (Å²) < 4.78 is 27.0. The van der Waals surface area contributed by atoms with Crippen LogP contribution in [0.2, 0.25) is 0 Å². The Morgan fingerprint density at radius 3 is 1.27 bits per heavy atom. The fourth-order valence-corrected chi connectivity index (χ4v) is 6.27. The van der Waals surface area contributed by atoms with Gasteiger partial charge in [-0.3, -0.25) is 9.59 Å². The van der Waals surface area contributed by atoms with Gasteiger partial charge in [-0.25, -0.2) is 0 Å². The molecule has 1 unspecified atom stereocenters. The quantitative estimate of drug-likeness (QED) is 0.0273. The Bertz CT molecular complexity index is 769. The van der Waals surface area contributed by atoms with E-state index in [2.05, 4.69) is 38.2 Å². The molecule has 0 aromatic rings. The summed E-state index contributed by atoms with van der Waals surface area (Å²) in [4.78, 5) is 24.9. The van der Waals surface area contributed by atoms with Crippen LogP contribution in [0.3, 0.4) is 0 Å². The van der Waals surface area contributed by atoms with Crippen molar-refractivity contribution in [2.75, 3.05) is 27.4 Å². The summed E-state index contributed by atoms with van der Waals surface area (Å²) in [6, 6.07) is 0. The summed E-state index contributed by atoms with van der Waals surface area (Å²) in [6.07, 6.45) is 40.9. The Labute approximate surface area is 304 Å². The maximum atomic E-state index is 12.6. The summed E-state index contributed by atoms with van der Waals surface area (Å²) in [7, 11) is 1.46. The third-order valence-electron chi connectivity index (χ3n) is 8.68. The molecule has 0 spiro atoms. The molecule has 288 valence electrons. The van der Waals surface area contributed by atoms with Crippen molar-refractivity contribution in [3.63, 3.8) is 0 Å². The first kappa shape index (κ1) is 47.7. The summed E-state index contributed by atoms with van der Waals surface area (Å²) in [6.45, 7) is 4.54. The molecule has 0 amide bonds. The van der Waals surface area contributed by atoms with Gasteiger partial charge in [-0.1, -0.05) is 141 Å². The van der Waals surface area contributed by atoms with E-state index in [1.807, 2.05) is 0 Å². The number of unbranched alkanes of at least 4 members (excludes halogenated alkanes) is 22. The van der Waals surface area contributed by atoms with Gasteiger partial charge in [0.2, 0.25) is 0 Å².